The summed E-state index contributed by atoms with van der Waals surface area (Å²) in [6, 6.07) is 15.1. The minimum Gasteiger partial charge on any atom is -0.352 e. The molecule has 3 aromatic rings. The summed E-state index contributed by atoms with van der Waals surface area (Å²) in [4.78, 5) is 32.9. The maximum Gasteiger partial charge on any atom is 0.270 e. The molecule has 0 fully saturated rings. The highest BCUT2D eigenvalue weighted by molar-refractivity contribution is 7.14. The SMILES string of the molecule is CC(C)CNC(=O)c1ccc(CN(CCN(C(C)C)C(C)C)c2nc(-c3cccc([N+](=O)[O-])c3)cs2)cc1. The van der Waals surface area contributed by atoms with Crippen LogP contribution in [-0.2, 0) is 6.54 Å². The lowest BCUT2D eigenvalue weighted by molar-refractivity contribution is -0.384. The first kappa shape index (κ1) is 29.3. The molecule has 0 unspecified atom stereocenters. The van der Waals surface area contributed by atoms with Crippen LogP contribution in [0.2, 0.25) is 0 Å². The molecule has 0 atom stereocenters. The summed E-state index contributed by atoms with van der Waals surface area (Å²) in [5.41, 5.74) is 3.23. The van der Waals surface area contributed by atoms with Gasteiger partial charge in [-0.15, -0.1) is 11.3 Å². The molecule has 0 bridgehead atoms. The van der Waals surface area contributed by atoms with E-state index in [1.165, 1.54) is 17.4 Å². The summed E-state index contributed by atoms with van der Waals surface area (Å²) in [7, 11) is 0. The molecular formula is C29H39N5O3S. The van der Waals surface area contributed by atoms with Gasteiger partial charge in [0.1, 0.15) is 0 Å². The zero-order chi connectivity index (χ0) is 27.8. The van der Waals surface area contributed by atoms with Gasteiger partial charge in [0.05, 0.1) is 10.6 Å². The molecule has 1 aromatic heterocycles. The fourth-order valence-corrected chi connectivity index (χ4v) is 5.15. The fraction of sp³-hybridized carbons (Fsp3) is 0.448. The second kappa shape index (κ2) is 13.5. The average Bonchev–Trinajstić information content (AvgIpc) is 3.37. The van der Waals surface area contributed by atoms with Crippen molar-refractivity contribution < 1.29 is 9.72 Å². The molecule has 0 radical (unpaired) electrons. The Kier molecular flexibility index (Phi) is 10.4. The van der Waals surface area contributed by atoms with Gasteiger partial charge in [-0.05, 0) is 51.3 Å². The normalized spacial score (nSPS) is 11.5. The first-order chi connectivity index (χ1) is 18.0. The summed E-state index contributed by atoms with van der Waals surface area (Å²) < 4.78 is 0. The molecule has 0 spiro atoms. The van der Waals surface area contributed by atoms with E-state index >= 15 is 0 Å². The molecule has 38 heavy (non-hydrogen) atoms. The van der Waals surface area contributed by atoms with Gasteiger partial charge in [0, 0.05) is 66.9 Å². The molecule has 3 rings (SSSR count). The molecule has 1 heterocycles. The number of carbonyl (C=O) groups is 1. The van der Waals surface area contributed by atoms with E-state index in [-0.39, 0.29) is 16.5 Å². The Balaban J connectivity index is 1.83. The van der Waals surface area contributed by atoms with E-state index in [9.17, 15) is 14.9 Å². The van der Waals surface area contributed by atoms with Gasteiger partial charge in [0.25, 0.3) is 11.6 Å². The number of nitrogens with zero attached hydrogens (tertiary/aromatic N) is 4. The quantitative estimate of drug-likeness (QED) is 0.205. The van der Waals surface area contributed by atoms with Crippen LogP contribution in [0.25, 0.3) is 11.3 Å². The Morgan fingerprint density at radius 3 is 2.32 bits per heavy atom. The van der Waals surface area contributed by atoms with Gasteiger partial charge < -0.3 is 10.2 Å². The molecular weight excluding hydrogens is 498 g/mol. The Bertz CT molecular complexity index is 1200. The summed E-state index contributed by atoms with van der Waals surface area (Å²) in [6.45, 7) is 15.9. The van der Waals surface area contributed by atoms with E-state index in [0.29, 0.717) is 36.7 Å². The van der Waals surface area contributed by atoms with Crippen LogP contribution in [0.1, 0.15) is 57.5 Å². The van der Waals surface area contributed by atoms with Crippen molar-refractivity contribution in [3.63, 3.8) is 0 Å². The summed E-state index contributed by atoms with van der Waals surface area (Å²) >= 11 is 1.53. The van der Waals surface area contributed by atoms with Crippen LogP contribution in [0.4, 0.5) is 10.8 Å². The zero-order valence-corrected chi connectivity index (χ0v) is 24.0. The van der Waals surface area contributed by atoms with E-state index in [0.717, 1.165) is 35.0 Å². The Labute approximate surface area is 229 Å². The molecule has 0 saturated carbocycles. The predicted octanol–water partition coefficient (Wildman–Crippen LogP) is 6.23. The summed E-state index contributed by atoms with van der Waals surface area (Å²) in [5.74, 6) is 0.335. The lowest BCUT2D eigenvalue weighted by Crippen LogP contribution is -2.42. The number of anilines is 1. The van der Waals surface area contributed by atoms with Gasteiger partial charge >= 0.3 is 0 Å². The van der Waals surface area contributed by atoms with Crippen molar-refractivity contribution in [1.82, 2.24) is 15.2 Å². The number of nitro groups is 1. The number of nitro benzene ring substituents is 1. The number of hydrogen-bond acceptors (Lipinski definition) is 7. The first-order valence-corrected chi connectivity index (χ1v) is 14.0. The van der Waals surface area contributed by atoms with Crippen LogP contribution in [0.3, 0.4) is 0 Å². The number of carbonyl (C=O) groups excluding carboxylic acids is 1. The number of aromatic nitrogens is 1. The fourth-order valence-electron chi connectivity index (χ4n) is 4.29. The number of thiazole rings is 1. The monoisotopic (exact) mass is 537 g/mol. The topological polar surface area (TPSA) is 91.6 Å². The van der Waals surface area contributed by atoms with Gasteiger partial charge in [-0.2, -0.15) is 0 Å². The maximum absolute atomic E-state index is 12.4. The molecule has 1 N–H and O–H groups in total. The number of nitrogens with one attached hydrogen (secondary N) is 1. The van der Waals surface area contributed by atoms with Gasteiger partial charge in [-0.25, -0.2) is 4.98 Å². The molecule has 204 valence electrons. The molecule has 0 aliphatic carbocycles. The van der Waals surface area contributed by atoms with Crippen LogP contribution in [0.5, 0.6) is 0 Å². The number of hydrogen-bond donors (Lipinski definition) is 1. The highest BCUT2D eigenvalue weighted by Crippen LogP contribution is 2.30. The van der Waals surface area contributed by atoms with Crippen molar-refractivity contribution in [1.29, 1.82) is 0 Å². The number of non-ortho nitro benzene ring substituents is 1. The Morgan fingerprint density at radius 1 is 1.03 bits per heavy atom. The molecule has 0 saturated heterocycles. The van der Waals surface area contributed by atoms with Gasteiger partial charge in [0.2, 0.25) is 0 Å². The van der Waals surface area contributed by atoms with E-state index in [1.807, 2.05) is 35.7 Å². The lowest BCUT2D eigenvalue weighted by atomic mass is 10.1. The minimum absolute atomic E-state index is 0.0518. The first-order valence-electron chi connectivity index (χ1n) is 13.1. The smallest absolute Gasteiger partial charge is 0.270 e. The molecule has 0 aliphatic rings. The average molecular weight is 538 g/mol. The molecule has 1 amide bonds. The van der Waals surface area contributed by atoms with Crippen LogP contribution in [0, 0.1) is 16.0 Å². The van der Waals surface area contributed by atoms with E-state index in [1.54, 1.807) is 12.1 Å². The maximum atomic E-state index is 12.4. The van der Waals surface area contributed by atoms with Crippen LogP contribution in [-0.4, -0.2) is 52.4 Å². The zero-order valence-electron chi connectivity index (χ0n) is 23.2. The van der Waals surface area contributed by atoms with Crippen molar-refractivity contribution in [2.24, 2.45) is 5.92 Å². The van der Waals surface area contributed by atoms with Crippen molar-refractivity contribution in [2.75, 3.05) is 24.5 Å². The van der Waals surface area contributed by atoms with Crippen molar-refractivity contribution >= 4 is 28.1 Å². The number of benzene rings is 2. The Morgan fingerprint density at radius 2 is 1.71 bits per heavy atom. The minimum atomic E-state index is -0.387. The van der Waals surface area contributed by atoms with Crippen molar-refractivity contribution in [2.45, 2.75) is 60.2 Å². The van der Waals surface area contributed by atoms with Gasteiger partial charge in [0.15, 0.2) is 5.13 Å². The highest BCUT2D eigenvalue weighted by atomic mass is 32.1. The number of rotatable bonds is 13. The van der Waals surface area contributed by atoms with E-state index in [2.05, 4.69) is 56.7 Å². The van der Waals surface area contributed by atoms with E-state index in [4.69, 9.17) is 4.98 Å². The third-order valence-electron chi connectivity index (χ3n) is 6.33. The number of amides is 1. The van der Waals surface area contributed by atoms with Crippen LogP contribution in [0.15, 0.2) is 53.9 Å². The second-order valence-electron chi connectivity index (χ2n) is 10.5. The second-order valence-corrected chi connectivity index (χ2v) is 11.3. The third-order valence-corrected chi connectivity index (χ3v) is 7.23. The lowest BCUT2D eigenvalue weighted by Gasteiger charge is -2.33. The predicted molar refractivity (Wildman–Crippen MR) is 156 cm³/mol. The molecule has 8 nitrogen and oxygen atoms in total. The molecule has 2 aromatic carbocycles. The standard InChI is InChI=1S/C29H39N5O3S/c1-20(2)17-30-28(35)24-12-10-23(11-13-24)18-32(14-15-33(21(3)4)22(5)6)29-31-27(19-38-29)25-8-7-9-26(16-25)34(36)37/h7-13,16,19-22H,14-15,17-18H2,1-6H3,(H,30,35). The van der Waals surface area contributed by atoms with Crippen LogP contribution >= 0.6 is 11.3 Å². The van der Waals surface area contributed by atoms with Crippen molar-refractivity contribution in [3.8, 4) is 11.3 Å². The summed E-state index contributed by atoms with van der Waals surface area (Å²) in [6.07, 6.45) is 0. The van der Waals surface area contributed by atoms with E-state index < -0.39 is 0 Å². The van der Waals surface area contributed by atoms with Crippen molar-refractivity contribution in [3.05, 3.63) is 75.2 Å². The molecule has 9 heteroatoms. The van der Waals surface area contributed by atoms with Crippen LogP contribution < -0.4 is 10.2 Å². The van der Waals surface area contributed by atoms with Gasteiger partial charge in [-0.3, -0.25) is 19.8 Å². The van der Waals surface area contributed by atoms with Gasteiger partial charge in [-0.1, -0.05) is 38.1 Å². The summed E-state index contributed by atoms with van der Waals surface area (Å²) in [5, 5.41) is 17.0. The molecule has 0 aliphatic heterocycles. The highest BCUT2D eigenvalue weighted by Gasteiger charge is 2.19. The third kappa shape index (κ3) is 8.10. The Hall–Kier alpha value is -3.30. The largest absolute Gasteiger partial charge is 0.352 e.